The molecule has 0 saturated heterocycles. The van der Waals surface area contributed by atoms with Crippen molar-refractivity contribution in [1.29, 1.82) is 5.26 Å². The van der Waals surface area contributed by atoms with Crippen molar-refractivity contribution in [1.82, 2.24) is 9.13 Å². The van der Waals surface area contributed by atoms with Crippen LogP contribution in [0.3, 0.4) is 0 Å². The second-order valence-electron chi connectivity index (χ2n) is 19.2. The van der Waals surface area contributed by atoms with Gasteiger partial charge in [0.15, 0.2) is 11.2 Å². The van der Waals surface area contributed by atoms with Crippen molar-refractivity contribution < 1.29 is 8.83 Å². The summed E-state index contributed by atoms with van der Waals surface area (Å²) in [5.74, 6) is 0. The standard InChI is InChI=1S/C68H36N4O2S/c1-70-59-57(40-20-7-3-8-21-40)53(38-69)60(71-54-29-14-11-24-43(54)46-32-36-51-49-28-17-27-42(39-18-5-2-6-19-39)65(49)74-67(51)61(46)71)58(41-22-9-4-10-23-41)64(59)72-62-47(33-35-50-44-25-12-15-30-55(44)73-66(50)62)48-34-37-52-45-26-13-16-31-56(45)75-68(52)63(48)72/h2-37H. The second-order valence-corrected chi connectivity index (χ2v) is 20.2. The van der Waals surface area contributed by atoms with Crippen LogP contribution in [0.25, 0.3) is 157 Å². The van der Waals surface area contributed by atoms with Gasteiger partial charge in [0, 0.05) is 75.3 Å². The van der Waals surface area contributed by atoms with E-state index in [-0.39, 0.29) is 0 Å². The summed E-state index contributed by atoms with van der Waals surface area (Å²) in [7, 11) is 0. The molecule has 0 amide bonds. The highest BCUT2D eigenvalue weighted by Crippen LogP contribution is 2.55. The van der Waals surface area contributed by atoms with Gasteiger partial charge in [0.2, 0.25) is 5.69 Å². The Kier molecular flexibility index (Phi) is 8.65. The fraction of sp³-hybridized carbons (Fsp3) is 0. The quantitative estimate of drug-likeness (QED) is 0.161. The molecule has 16 rings (SSSR count). The lowest BCUT2D eigenvalue weighted by molar-refractivity contribution is 0.671. The van der Waals surface area contributed by atoms with Crippen LogP contribution in [-0.2, 0) is 0 Å². The van der Waals surface area contributed by atoms with Gasteiger partial charge in [0.1, 0.15) is 17.2 Å². The molecule has 0 unspecified atom stereocenters. The molecule has 0 atom stereocenters. The number of fused-ring (bicyclic) bond motifs is 18. The molecule has 6 nitrogen and oxygen atoms in total. The first-order chi connectivity index (χ1) is 37.2. The van der Waals surface area contributed by atoms with Gasteiger partial charge in [-0.15, -0.1) is 11.3 Å². The van der Waals surface area contributed by atoms with Crippen molar-refractivity contribution in [2.75, 3.05) is 0 Å². The highest BCUT2D eigenvalue weighted by molar-refractivity contribution is 7.26. The zero-order valence-electron chi connectivity index (χ0n) is 39.8. The van der Waals surface area contributed by atoms with Crippen molar-refractivity contribution in [3.05, 3.63) is 235 Å². The average molecular weight is 973 g/mol. The van der Waals surface area contributed by atoms with E-state index in [0.717, 1.165) is 120 Å². The van der Waals surface area contributed by atoms with Gasteiger partial charge in [0.25, 0.3) is 0 Å². The smallest absolute Gasteiger partial charge is 0.220 e. The molecule has 11 aromatic carbocycles. The summed E-state index contributed by atoms with van der Waals surface area (Å²) in [6.45, 7) is 9.55. The van der Waals surface area contributed by atoms with Crippen molar-refractivity contribution in [3.8, 4) is 50.8 Å². The Morgan fingerprint density at radius 2 is 0.947 bits per heavy atom. The van der Waals surface area contributed by atoms with Crippen LogP contribution in [0.1, 0.15) is 5.56 Å². The average Bonchev–Trinajstić information content (AvgIpc) is 4.37. The number of rotatable bonds is 5. The first-order valence-corrected chi connectivity index (χ1v) is 25.7. The van der Waals surface area contributed by atoms with Gasteiger partial charge in [-0.1, -0.05) is 188 Å². The Labute approximate surface area is 431 Å². The van der Waals surface area contributed by atoms with Gasteiger partial charge in [0.05, 0.1) is 50.3 Å². The Morgan fingerprint density at radius 1 is 0.413 bits per heavy atom. The molecule has 75 heavy (non-hydrogen) atoms. The molecule has 7 heteroatoms. The summed E-state index contributed by atoms with van der Waals surface area (Å²) in [5, 5.41) is 22.4. The third kappa shape index (κ3) is 5.65. The molecular formula is C68H36N4O2S. The Hall–Kier alpha value is -10.2. The maximum absolute atomic E-state index is 12.2. The van der Waals surface area contributed by atoms with Crippen LogP contribution in [0.4, 0.5) is 5.69 Å². The molecule has 0 aliphatic rings. The maximum atomic E-state index is 12.2. The van der Waals surface area contributed by atoms with Crippen LogP contribution in [0.5, 0.6) is 0 Å². The van der Waals surface area contributed by atoms with Gasteiger partial charge in [-0.3, -0.25) is 0 Å². The topological polar surface area (TPSA) is 64.3 Å². The zero-order chi connectivity index (χ0) is 49.5. The number of nitrogens with zero attached hydrogens (tertiary/aromatic N) is 4. The molecule has 5 aromatic heterocycles. The number of para-hydroxylation sites is 3. The fourth-order valence-corrected chi connectivity index (χ4v) is 13.5. The summed E-state index contributed by atoms with van der Waals surface area (Å²) in [6, 6.07) is 78.3. The highest BCUT2D eigenvalue weighted by Gasteiger charge is 2.34. The molecule has 0 spiro atoms. The molecule has 5 heterocycles. The van der Waals surface area contributed by atoms with E-state index in [1.807, 2.05) is 66.7 Å². The lowest BCUT2D eigenvalue weighted by Crippen LogP contribution is -2.09. The molecule has 346 valence electrons. The van der Waals surface area contributed by atoms with Crippen molar-refractivity contribution in [3.63, 3.8) is 0 Å². The number of benzene rings is 11. The maximum Gasteiger partial charge on any atom is 0.220 e. The number of thiophene rings is 1. The minimum atomic E-state index is 0.354. The highest BCUT2D eigenvalue weighted by atomic mass is 32.1. The van der Waals surface area contributed by atoms with E-state index in [0.29, 0.717) is 33.8 Å². The summed E-state index contributed by atoms with van der Waals surface area (Å²) < 4.78 is 21.3. The molecule has 0 saturated carbocycles. The van der Waals surface area contributed by atoms with Gasteiger partial charge in [-0.2, -0.15) is 5.26 Å². The minimum absolute atomic E-state index is 0.354. The Balaban J connectivity index is 1.19. The van der Waals surface area contributed by atoms with E-state index in [9.17, 15) is 11.8 Å². The Bertz CT molecular complexity index is 5070. The minimum Gasteiger partial charge on any atom is -0.454 e. The first kappa shape index (κ1) is 41.4. The molecule has 0 bridgehead atoms. The van der Waals surface area contributed by atoms with Crippen LogP contribution in [0.15, 0.2) is 227 Å². The van der Waals surface area contributed by atoms with Crippen LogP contribution in [0, 0.1) is 17.9 Å². The third-order valence-corrected chi connectivity index (χ3v) is 16.6. The summed E-state index contributed by atoms with van der Waals surface area (Å²) >= 11 is 1.76. The Morgan fingerprint density at radius 3 is 1.68 bits per heavy atom. The first-order valence-electron chi connectivity index (χ1n) is 24.9. The fourth-order valence-electron chi connectivity index (χ4n) is 12.3. The van der Waals surface area contributed by atoms with Crippen LogP contribution >= 0.6 is 11.3 Å². The van der Waals surface area contributed by atoms with E-state index in [1.54, 1.807) is 11.3 Å². The number of aromatic nitrogens is 2. The zero-order valence-corrected chi connectivity index (χ0v) is 40.6. The summed E-state index contributed by atoms with van der Waals surface area (Å²) in [4.78, 5) is 4.64. The van der Waals surface area contributed by atoms with Crippen LogP contribution in [-0.4, -0.2) is 9.13 Å². The van der Waals surface area contributed by atoms with Gasteiger partial charge >= 0.3 is 0 Å². The lowest BCUT2D eigenvalue weighted by atomic mass is 9.88. The molecule has 0 radical (unpaired) electrons. The van der Waals surface area contributed by atoms with E-state index < -0.39 is 0 Å². The molecule has 0 N–H and O–H groups in total. The SMILES string of the molecule is [C-]#[N+]c1c(-c2ccccc2)c(C#N)c(-n2c3ccccc3c3ccc4c5cccc(-c6ccccc6)c5oc4c32)c(-c2ccccc2)c1-n1c2c(ccc3c4ccccc4oc32)c2ccc3c4ccccc4sc3c21. The lowest BCUT2D eigenvalue weighted by Gasteiger charge is -2.25. The third-order valence-electron chi connectivity index (χ3n) is 15.4. The number of hydrogen-bond acceptors (Lipinski definition) is 4. The second kappa shape index (κ2) is 15.7. The van der Waals surface area contributed by atoms with E-state index in [2.05, 4.69) is 172 Å². The van der Waals surface area contributed by atoms with Gasteiger partial charge < -0.3 is 18.0 Å². The van der Waals surface area contributed by atoms with E-state index >= 15 is 0 Å². The normalized spacial score (nSPS) is 12.0. The molecule has 0 aliphatic carbocycles. The van der Waals surface area contributed by atoms with Crippen LogP contribution < -0.4 is 0 Å². The number of nitriles is 1. The monoisotopic (exact) mass is 972 g/mol. The van der Waals surface area contributed by atoms with Crippen molar-refractivity contribution in [2.45, 2.75) is 0 Å². The van der Waals surface area contributed by atoms with Crippen LogP contribution in [0.2, 0.25) is 0 Å². The largest absolute Gasteiger partial charge is 0.454 e. The number of hydrogen-bond donors (Lipinski definition) is 0. The molecule has 16 aromatic rings. The van der Waals surface area contributed by atoms with Crippen molar-refractivity contribution in [2.24, 2.45) is 0 Å². The van der Waals surface area contributed by atoms with Gasteiger partial charge in [-0.25, -0.2) is 4.85 Å². The van der Waals surface area contributed by atoms with E-state index in [1.165, 1.54) is 10.1 Å². The molecular weight excluding hydrogens is 937 g/mol. The van der Waals surface area contributed by atoms with Crippen molar-refractivity contribution >= 4 is 125 Å². The predicted molar refractivity (Wildman–Crippen MR) is 310 cm³/mol. The number of furan rings is 2. The van der Waals surface area contributed by atoms with Gasteiger partial charge in [-0.05, 0) is 47.0 Å². The predicted octanol–water partition coefficient (Wildman–Crippen LogP) is 19.5. The molecule has 0 fully saturated rings. The van der Waals surface area contributed by atoms with E-state index in [4.69, 9.17) is 8.83 Å². The summed E-state index contributed by atoms with van der Waals surface area (Å²) in [6.07, 6.45) is 0. The molecule has 0 aliphatic heterocycles. The summed E-state index contributed by atoms with van der Waals surface area (Å²) in [5.41, 5.74) is 13.4.